The summed E-state index contributed by atoms with van der Waals surface area (Å²) in [7, 11) is 0. The molecule has 0 fully saturated rings. The molecule has 0 amide bonds. The van der Waals surface area contributed by atoms with Crippen LogP contribution in [0, 0.1) is 0 Å². The van der Waals surface area contributed by atoms with Crippen LogP contribution in [0.4, 0.5) is 0 Å². The van der Waals surface area contributed by atoms with E-state index in [2.05, 4.69) is 11.6 Å². The van der Waals surface area contributed by atoms with Crippen molar-refractivity contribution in [3.63, 3.8) is 0 Å². The van der Waals surface area contributed by atoms with E-state index < -0.39 is 12.2 Å². The molecule has 0 aromatic carbocycles. The average molecular weight is 254 g/mol. The summed E-state index contributed by atoms with van der Waals surface area (Å²) in [6, 6.07) is 0. The van der Waals surface area contributed by atoms with E-state index in [1.54, 1.807) is 13.0 Å². The molecule has 6 nitrogen and oxygen atoms in total. The Morgan fingerprint density at radius 2 is 2.29 bits per heavy atom. The molecule has 1 rings (SSSR count). The van der Waals surface area contributed by atoms with Crippen LogP contribution in [0.1, 0.15) is 13.3 Å². The number of rotatable bonds is 5. The Morgan fingerprint density at radius 1 is 1.71 bits per heavy atom. The fraction of sp³-hybridized carbons (Fsp3) is 0.600. The van der Waals surface area contributed by atoms with Gasteiger partial charge in [0.2, 0.25) is 5.84 Å². The first-order valence-corrected chi connectivity index (χ1v) is 4.94. The van der Waals surface area contributed by atoms with E-state index in [1.807, 2.05) is 0 Å². The number of carboxylic acid groups (broad SMARTS) is 1. The quantitative estimate of drug-likeness (QED) is 0.388. The Bertz CT molecular complexity index is 307. The average Bonchev–Trinajstić information content (AvgIpc) is 2.49. The zero-order chi connectivity index (χ0) is 11.5. The standard InChI is InChI=1S/C10H16N2O3.Na.H2O.H/c1-3-4-9-11-5-6-12(9,8(2)13)7-10(14)15;;;/h3,8,13H,1,4-7H2,2H3;;1H2;. The fourth-order valence-electron chi connectivity index (χ4n) is 1.95. The largest absolute Gasteiger partial charge is 0.870 e. The number of quaternary nitrogens is 1. The van der Waals surface area contributed by atoms with E-state index >= 15 is 0 Å². The third-order valence-corrected chi connectivity index (χ3v) is 2.77. The summed E-state index contributed by atoms with van der Waals surface area (Å²) < 4.78 is 0.0430. The molecular weight excluding hydrogens is 235 g/mol. The van der Waals surface area contributed by atoms with Crippen LogP contribution < -0.4 is 0 Å². The molecule has 1 aliphatic heterocycles. The number of carbonyl (C=O) groups is 1. The molecule has 0 saturated heterocycles. The molecule has 0 aromatic rings. The van der Waals surface area contributed by atoms with Crippen LogP contribution in [0.3, 0.4) is 0 Å². The topological polar surface area (TPSA) is 99.9 Å². The Labute approximate surface area is 123 Å². The second-order valence-corrected chi connectivity index (χ2v) is 3.73. The summed E-state index contributed by atoms with van der Waals surface area (Å²) in [6.07, 6.45) is 1.46. The van der Waals surface area contributed by atoms with Gasteiger partial charge in [0.05, 0.1) is 13.0 Å². The maximum atomic E-state index is 10.8. The number of aliphatic imine (C=N–C) groups is 1. The van der Waals surface area contributed by atoms with Crippen molar-refractivity contribution in [3.05, 3.63) is 12.7 Å². The SMILES string of the molecule is C=CCC1=NCC[N+]1(CC(=O)O)C(C)O.[NaH].[OH-]. The van der Waals surface area contributed by atoms with Gasteiger partial charge in [-0.1, -0.05) is 6.08 Å². The van der Waals surface area contributed by atoms with E-state index in [1.165, 1.54) is 0 Å². The van der Waals surface area contributed by atoms with Crippen LogP contribution in [-0.4, -0.2) is 87.4 Å². The third-order valence-electron chi connectivity index (χ3n) is 2.77. The van der Waals surface area contributed by atoms with Crippen molar-refractivity contribution in [1.82, 2.24) is 0 Å². The monoisotopic (exact) mass is 254 g/mol. The molecule has 2 atom stereocenters. The molecule has 3 N–H and O–H groups in total. The number of nitrogens with zero attached hydrogens (tertiary/aromatic N) is 2. The van der Waals surface area contributed by atoms with Gasteiger partial charge >= 0.3 is 35.5 Å². The Kier molecular flexibility index (Phi) is 8.95. The van der Waals surface area contributed by atoms with Crippen molar-refractivity contribution in [2.24, 2.45) is 4.99 Å². The number of carboxylic acids is 1. The van der Waals surface area contributed by atoms with Crippen molar-refractivity contribution in [1.29, 1.82) is 0 Å². The van der Waals surface area contributed by atoms with Gasteiger partial charge in [-0.2, -0.15) is 0 Å². The molecular formula is C10H19N2NaO4. The number of hydrogen-bond donors (Lipinski definition) is 2. The van der Waals surface area contributed by atoms with Crippen LogP contribution in [0.5, 0.6) is 0 Å². The molecule has 0 saturated carbocycles. The molecule has 0 bridgehead atoms. The van der Waals surface area contributed by atoms with Crippen LogP contribution in [0.2, 0.25) is 0 Å². The summed E-state index contributed by atoms with van der Waals surface area (Å²) in [5.41, 5.74) is 0. The Hall–Kier alpha value is -0.240. The van der Waals surface area contributed by atoms with E-state index in [-0.39, 0.29) is 46.1 Å². The van der Waals surface area contributed by atoms with Crippen molar-refractivity contribution in [2.75, 3.05) is 19.6 Å². The van der Waals surface area contributed by atoms with E-state index in [4.69, 9.17) is 5.11 Å². The summed E-state index contributed by atoms with van der Waals surface area (Å²) in [4.78, 5) is 15.1. The summed E-state index contributed by atoms with van der Waals surface area (Å²) >= 11 is 0. The fourth-order valence-corrected chi connectivity index (χ4v) is 1.95. The van der Waals surface area contributed by atoms with Crippen molar-refractivity contribution < 1.29 is 25.0 Å². The van der Waals surface area contributed by atoms with Gasteiger partial charge < -0.3 is 15.7 Å². The minimum atomic E-state index is -0.922. The van der Waals surface area contributed by atoms with Gasteiger partial charge in [0.25, 0.3) is 0 Å². The van der Waals surface area contributed by atoms with Crippen LogP contribution >= 0.6 is 0 Å². The minimum absolute atomic E-state index is 0. The summed E-state index contributed by atoms with van der Waals surface area (Å²) in [5, 5.41) is 18.6. The maximum Gasteiger partial charge on any atom is -0.870 e. The molecule has 0 radical (unpaired) electrons. The number of aliphatic hydroxyl groups excluding tert-OH is 1. The van der Waals surface area contributed by atoms with Gasteiger partial charge in [-0.15, -0.1) is 6.58 Å². The molecule has 1 heterocycles. The molecule has 17 heavy (non-hydrogen) atoms. The molecule has 0 aromatic heterocycles. The molecule has 7 heteroatoms. The third kappa shape index (κ3) is 4.17. The number of aliphatic carboxylic acids is 1. The van der Waals surface area contributed by atoms with Gasteiger partial charge in [0.1, 0.15) is 6.54 Å². The van der Waals surface area contributed by atoms with Crippen molar-refractivity contribution in [2.45, 2.75) is 19.6 Å². The van der Waals surface area contributed by atoms with Crippen LogP contribution in [0.15, 0.2) is 17.6 Å². The number of amidine groups is 1. The predicted molar refractivity (Wildman–Crippen MR) is 65.5 cm³/mol. The normalized spacial score (nSPS) is 24.0. The number of hydrogen-bond acceptors (Lipinski definition) is 4. The Morgan fingerprint density at radius 3 is 2.71 bits per heavy atom. The van der Waals surface area contributed by atoms with Gasteiger partial charge in [0.15, 0.2) is 12.8 Å². The summed E-state index contributed by atoms with van der Waals surface area (Å²) in [6.45, 7) is 6.21. The van der Waals surface area contributed by atoms with Gasteiger partial charge in [-0.25, -0.2) is 14.3 Å². The Balaban J connectivity index is 0. The molecule has 2 unspecified atom stereocenters. The first-order valence-electron chi connectivity index (χ1n) is 4.94. The van der Waals surface area contributed by atoms with Crippen molar-refractivity contribution >= 4 is 41.4 Å². The van der Waals surface area contributed by atoms with Crippen molar-refractivity contribution in [3.8, 4) is 0 Å². The zero-order valence-corrected chi connectivity index (χ0v) is 9.33. The second-order valence-electron chi connectivity index (χ2n) is 3.73. The molecule has 0 aliphatic carbocycles. The smallest absolute Gasteiger partial charge is 0.870 e. The van der Waals surface area contributed by atoms with E-state index in [9.17, 15) is 9.90 Å². The van der Waals surface area contributed by atoms with Crippen LogP contribution in [-0.2, 0) is 4.79 Å². The molecule has 94 valence electrons. The first-order chi connectivity index (χ1) is 7.03. The summed E-state index contributed by atoms with van der Waals surface area (Å²) in [5.74, 6) is -0.211. The zero-order valence-electron chi connectivity index (χ0n) is 9.33. The van der Waals surface area contributed by atoms with Crippen LogP contribution in [0.25, 0.3) is 0 Å². The van der Waals surface area contributed by atoms with Gasteiger partial charge in [0, 0.05) is 6.92 Å². The van der Waals surface area contributed by atoms with E-state index in [0.717, 1.165) is 0 Å². The van der Waals surface area contributed by atoms with Gasteiger partial charge in [-0.05, 0) is 0 Å². The second kappa shape index (κ2) is 7.97. The number of aliphatic hydroxyl groups is 1. The first kappa shape index (κ1) is 19.1. The molecule has 1 aliphatic rings. The maximum absolute atomic E-state index is 10.8. The van der Waals surface area contributed by atoms with Gasteiger partial charge in [-0.3, -0.25) is 0 Å². The predicted octanol–water partition coefficient (Wildman–Crippen LogP) is -0.611. The van der Waals surface area contributed by atoms with E-state index in [0.29, 0.717) is 25.3 Å². The minimum Gasteiger partial charge on any atom is -0.870 e. The molecule has 0 spiro atoms.